The van der Waals surface area contributed by atoms with E-state index in [0.29, 0.717) is 13.1 Å². The first-order chi connectivity index (χ1) is 8.10. The second kappa shape index (κ2) is 6.73. The quantitative estimate of drug-likeness (QED) is 0.728. The Labute approximate surface area is 103 Å². The van der Waals surface area contributed by atoms with Crippen molar-refractivity contribution in [2.24, 2.45) is 0 Å². The molecule has 7 heteroatoms. The zero-order valence-electron chi connectivity index (χ0n) is 10.3. The van der Waals surface area contributed by atoms with Crippen molar-refractivity contribution in [3.05, 3.63) is 18.0 Å². The Morgan fingerprint density at radius 1 is 1.35 bits per heavy atom. The fourth-order valence-electron chi connectivity index (χ4n) is 1.49. The molecule has 0 saturated heterocycles. The van der Waals surface area contributed by atoms with Gasteiger partial charge in [0.15, 0.2) is 0 Å². The van der Waals surface area contributed by atoms with Gasteiger partial charge in [0, 0.05) is 31.4 Å². The molecule has 0 aromatic carbocycles. The van der Waals surface area contributed by atoms with Crippen LogP contribution in [0.1, 0.15) is 32.3 Å². The van der Waals surface area contributed by atoms with Gasteiger partial charge in [-0.15, -0.1) is 0 Å². The lowest BCUT2D eigenvalue weighted by Crippen LogP contribution is -2.41. The summed E-state index contributed by atoms with van der Waals surface area (Å²) in [7, 11) is -3.38. The molecule has 0 aliphatic carbocycles. The van der Waals surface area contributed by atoms with Gasteiger partial charge in [0.1, 0.15) is 0 Å². The van der Waals surface area contributed by atoms with Gasteiger partial charge in [-0.05, 0) is 12.8 Å². The van der Waals surface area contributed by atoms with Crippen molar-refractivity contribution in [1.82, 2.24) is 19.2 Å². The average Bonchev–Trinajstić information content (AvgIpc) is 2.79. The zero-order valence-corrected chi connectivity index (χ0v) is 11.1. The van der Waals surface area contributed by atoms with Crippen LogP contribution < -0.4 is 4.72 Å². The van der Waals surface area contributed by atoms with Crippen LogP contribution in [-0.4, -0.2) is 36.0 Å². The third-order valence-electron chi connectivity index (χ3n) is 2.30. The van der Waals surface area contributed by atoms with Crippen molar-refractivity contribution in [1.29, 1.82) is 0 Å². The van der Waals surface area contributed by atoms with E-state index in [1.165, 1.54) is 4.31 Å². The van der Waals surface area contributed by atoms with Gasteiger partial charge in [-0.3, -0.25) is 5.10 Å². The number of aromatic amines is 1. The summed E-state index contributed by atoms with van der Waals surface area (Å²) in [6, 6.07) is 0. The molecule has 0 spiro atoms. The molecule has 0 aliphatic rings. The van der Waals surface area contributed by atoms with Gasteiger partial charge in [-0.2, -0.15) is 22.5 Å². The third-order valence-corrected chi connectivity index (χ3v) is 3.85. The van der Waals surface area contributed by atoms with E-state index in [-0.39, 0.29) is 6.54 Å². The normalized spacial score (nSPS) is 12.2. The number of nitrogens with zero attached hydrogens (tertiary/aromatic N) is 2. The monoisotopic (exact) mass is 260 g/mol. The summed E-state index contributed by atoms with van der Waals surface area (Å²) < 4.78 is 28.0. The summed E-state index contributed by atoms with van der Waals surface area (Å²) in [5, 5.41) is 6.41. The molecule has 0 fully saturated rings. The molecule has 0 unspecified atom stereocenters. The van der Waals surface area contributed by atoms with Gasteiger partial charge in [0.2, 0.25) is 0 Å². The van der Waals surface area contributed by atoms with E-state index >= 15 is 0 Å². The SMILES string of the molecule is CCCN(CCC)S(=O)(=O)NCc1cn[nH]c1. The molecule has 6 nitrogen and oxygen atoms in total. The van der Waals surface area contributed by atoms with Crippen molar-refractivity contribution in [3.8, 4) is 0 Å². The van der Waals surface area contributed by atoms with Gasteiger partial charge in [-0.1, -0.05) is 13.8 Å². The summed E-state index contributed by atoms with van der Waals surface area (Å²) >= 11 is 0. The van der Waals surface area contributed by atoms with E-state index < -0.39 is 10.2 Å². The highest BCUT2D eigenvalue weighted by atomic mass is 32.2. The Balaban J connectivity index is 2.58. The minimum atomic E-state index is -3.38. The summed E-state index contributed by atoms with van der Waals surface area (Å²) in [6.07, 6.45) is 4.90. The lowest BCUT2D eigenvalue weighted by Gasteiger charge is -2.20. The number of hydrogen-bond donors (Lipinski definition) is 2. The standard InChI is InChI=1S/C10H20N4O2S/c1-3-5-14(6-4-2)17(15,16)13-9-10-7-11-12-8-10/h7-8,13H,3-6,9H2,1-2H3,(H,11,12). The van der Waals surface area contributed by atoms with Crippen molar-refractivity contribution in [2.45, 2.75) is 33.2 Å². The van der Waals surface area contributed by atoms with Crippen LogP contribution >= 0.6 is 0 Å². The van der Waals surface area contributed by atoms with Crippen LogP contribution in [0.4, 0.5) is 0 Å². The van der Waals surface area contributed by atoms with E-state index in [1.807, 2.05) is 13.8 Å². The fourth-order valence-corrected chi connectivity index (χ4v) is 2.87. The van der Waals surface area contributed by atoms with Crippen LogP contribution in [0.2, 0.25) is 0 Å². The zero-order chi connectivity index (χ0) is 12.7. The minimum Gasteiger partial charge on any atom is -0.285 e. The summed E-state index contributed by atoms with van der Waals surface area (Å²) in [6.45, 7) is 5.30. The number of hydrogen-bond acceptors (Lipinski definition) is 3. The van der Waals surface area contributed by atoms with Crippen LogP contribution in [0, 0.1) is 0 Å². The lowest BCUT2D eigenvalue weighted by atomic mass is 10.4. The molecule has 1 heterocycles. The molecular formula is C10H20N4O2S. The predicted octanol–water partition coefficient (Wildman–Crippen LogP) is 0.866. The molecule has 0 amide bonds. The van der Waals surface area contributed by atoms with Crippen molar-refractivity contribution >= 4 is 10.2 Å². The summed E-state index contributed by atoms with van der Waals surface area (Å²) in [4.78, 5) is 0. The maximum atomic E-state index is 12.0. The van der Waals surface area contributed by atoms with Crippen molar-refractivity contribution in [3.63, 3.8) is 0 Å². The first-order valence-electron chi connectivity index (χ1n) is 5.82. The van der Waals surface area contributed by atoms with Gasteiger partial charge in [0.05, 0.1) is 6.20 Å². The molecule has 0 atom stereocenters. The van der Waals surface area contributed by atoms with E-state index in [4.69, 9.17) is 0 Å². The first-order valence-corrected chi connectivity index (χ1v) is 7.26. The highest BCUT2D eigenvalue weighted by Crippen LogP contribution is 2.03. The number of H-pyrrole nitrogens is 1. The molecule has 98 valence electrons. The Hall–Kier alpha value is -0.920. The van der Waals surface area contributed by atoms with E-state index in [1.54, 1.807) is 12.4 Å². The number of nitrogens with one attached hydrogen (secondary N) is 2. The van der Waals surface area contributed by atoms with Crippen LogP contribution in [-0.2, 0) is 16.8 Å². The van der Waals surface area contributed by atoms with Crippen LogP contribution in [0.5, 0.6) is 0 Å². The van der Waals surface area contributed by atoms with Crippen LogP contribution in [0.3, 0.4) is 0 Å². The van der Waals surface area contributed by atoms with Crippen LogP contribution in [0.25, 0.3) is 0 Å². The van der Waals surface area contributed by atoms with E-state index in [0.717, 1.165) is 18.4 Å². The molecule has 0 saturated carbocycles. The van der Waals surface area contributed by atoms with Gasteiger partial charge < -0.3 is 0 Å². The second-order valence-electron chi connectivity index (χ2n) is 3.83. The lowest BCUT2D eigenvalue weighted by molar-refractivity contribution is 0.401. The topological polar surface area (TPSA) is 78.1 Å². The molecule has 17 heavy (non-hydrogen) atoms. The van der Waals surface area contributed by atoms with Crippen molar-refractivity contribution < 1.29 is 8.42 Å². The molecule has 1 aromatic heterocycles. The largest absolute Gasteiger partial charge is 0.285 e. The van der Waals surface area contributed by atoms with Gasteiger partial charge >= 0.3 is 0 Å². The molecule has 2 N–H and O–H groups in total. The smallest absolute Gasteiger partial charge is 0.279 e. The molecular weight excluding hydrogens is 240 g/mol. The molecule has 0 aliphatic heterocycles. The number of aromatic nitrogens is 2. The Morgan fingerprint density at radius 2 is 2.00 bits per heavy atom. The molecule has 0 bridgehead atoms. The average molecular weight is 260 g/mol. The third kappa shape index (κ3) is 4.45. The Morgan fingerprint density at radius 3 is 2.47 bits per heavy atom. The number of rotatable bonds is 8. The molecule has 1 rings (SSSR count). The van der Waals surface area contributed by atoms with E-state index in [2.05, 4.69) is 14.9 Å². The highest BCUT2D eigenvalue weighted by Gasteiger charge is 2.19. The fraction of sp³-hybridized carbons (Fsp3) is 0.700. The van der Waals surface area contributed by atoms with Gasteiger partial charge in [-0.25, -0.2) is 0 Å². The second-order valence-corrected chi connectivity index (χ2v) is 5.59. The van der Waals surface area contributed by atoms with Crippen molar-refractivity contribution in [2.75, 3.05) is 13.1 Å². The van der Waals surface area contributed by atoms with E-state index in [9.17, 15) is 8.42 Å². The highest BCUT2D eigenvalue weighted by molar-refractivity contribution is 7.87. The summed E-state index contributed by atoms with van der Waals surface area (Å²) in [5.74, 6) is 0. The Kier molecular flexibility index (Phi) is 5.60. The maximum absolute atomic E-state index is 12.0. The van der Waals surface area contributed by atoms with Gasteiger partial charge in [0.25, 0.3) is 10.2 Å². The van der Waals surface area contributed by atoms with Crippen LogP contribution in [0.15, 0.2) is 12.4 Å². The summed E-state index contributed by atoms with van der Waals surface area (Å²) in [5.41, 5.74) is 0.821. The Bertz CT molecular complexity index is 396. The minimum absolute atomic E-state index is 0.267. The maximum Gasteiger partial charge on any atom is 0.279 e. The molecule has 0 radical (unpaired) electrons. The predicted molar refractivity (Wildman–Crippen MR) is 66.5 cm³/mol. The first kappa shape index (κ1) is 14.1. The molecule has 1 aromatic rings.